The van der Waals surface area contributed by atoms with Crippen molar-refractivity contribution < 1.29 is 33.6 Å². The number of amides is 2. The highest BCUT2D eigenvalue weighted by Gasteiger charge is 2.31. The third-order valence-corrected chi connectivity index (χ3v) is 13.4. The first-order chi connectivity index (χ1) is 33.2. The third kappa shape index (κ3) is 12.7. The summed E-state index contributed by atoms with van der Waals surface area (Å²) in [6.07, 6.45) is 10.3. The van der Waals surface area contributed by atoms with E-state index in [0.29, 0.717) is 88.8 Å². The molecule has 2 saturated heterocycles. The van der Waals surface area contributed by atoms with Gasteiger partial charge in [0.2, 0.25) is 17.8 Å². The summed E-state index contributed by atoms with van der Waals surface area (Å²) < 4.78 is 28.2. The predicted molar refractivity (Wildman–Crippen MR) is 262 cm³/mol. The Balaban J connectivity index is 0.651. The van der Waals surface area contributed by atoms with Gasteiger partial charge >= 0.3 is 5.69 Å². The fourth-order valence-electron chi connectivity index (χ4n) is 9.48. The number of rotatable bonds is 25. The van der Waals surface area contributed by atoms with Gasteiger partial charge in [-0.2, -0.15) is 4.98 Å². The summed E-state index contributed by atoms with van der Waals surface area (Å²) in [5, 5.41) is 20.3. The van der Waals surface area contributed by atoms with E-state index in [2.05, 4.69) is 67.7 Å². The van der Waals surface area contributed by atoms with Crippen molar-refractivity contribution >= 4 is 45.5 Å². The van der Waals surface area contributed by atoms with E-state index >= 15 is 0 Å². The number of anilines is 2. The second kappa shape index (κ2) is 24.4. The van der Waals surface area contributed by atoms with Gasteiger partial charge in [0.05, 0.1) is 70.0 Å². The summed E-state index contributed by atoms with van der Waals surface area (Å²) >= 11 is 0. The second-order valence-corrected chi connectivity index (χ2v) is 18.2. The van der Waals surface area contributed by atoms with Crippen LogP contribution in [0.4, 0.5) is 11.6 Å². The molecule has 1 saturated carbocycles. The Morgan fingerprint density at radius 1 is 0.779 bits per heavy atom. The van der Waals surface area contributed by atoms with Gasteiger partial charge < -0.3 is 39.3 Å². The summed E-state index contributed by atoms with van der Waals surface area (Å²) in [7, 11) is 1.68. The summed E-state index contributed by atoms with van der Waals surface area (Å²) in [5.74, 6) is -0.0827. The fraction of sp³-hybridized carbons (Fsp3) is 0.580. The van der Waals surface area contributed by atoms with E-state index in [9.17, 15) is 19.5 Å². The first-order valence-corrected chi connectivity index (χ1v) is 24.7. The standard InChI is InChI=1S/C50H70N10O8/c1-3-4-17-52-49-53-33-41-42(35-59(47(41)55-49)39-10-12-40(61)13-11-39)37-7-5-36(6-8-37)34-58-21-19-57(20-22-58)23-25-66-27-29-68-31-30-67-28-26-65-24-18-51-38-9-14-43-45(32-38)56(2)50(64)60(43)44-15-16-46(62)54-48(44)63/h5-9,14,32-33,35,39-40,44,51,61H,3-4,10-13,15-31,34H2,1-2H3,(H,52,53,55)(H,54,62,63)/t39-,40-,44-/m0/s1. The topological polar surface area (TPSA) is 192 Å². The van der Waals surface area contributed by atoms with Gasteiger partial charge in [-0.25, -0.2) is 9.78 Å². The smallest absolute Gasteiger partial charge is 0.329 e. The molecule has 5 aromatic rings. The SMILES string of the molecule is CCCCNc1ncc2c(-c3ccc(CN4CCN(CCOCCOCCOCCOCCNc5ccc6c(c5)n(C)c(=O)n6[C@H]5CCC(=O)NC5=O)CC4)cc3)cn([C@H]3CC[C@H](O)CC3)c2n1. The lowest BCUT2D eigenvalue weighted by Crippen LogP contribution is -2.46. The molecule has 2 amide bonds. The van der Waals surface area contributed by atoms with Gasteiger partial charge in [-0.1, -0.05) is 37.6 Å². The fourth-order valence-corrected chi connectivity index (χ4v) is 9.48. The molecular weight excluding hydrogens is 869 g/mol. The molecule has 1 aliphatic carbocycles. The number of nitrogens with one attached hydrogen (secondary N) is 3. The van der Waals surface area contributed by atoms with Crippen molar-refractivity contribution in [1.82, 2.24) is 38.8 Å². The van der Waals surface area contributed by atoms with Gasteiger partial charge in [0.1, 0.15) is 11.7 Å². The van der Waals surface area contributed by atoms with Gasteiger partial charge in [0.15, 0.2) is 0 Å². The number of nitrogens with zero attached hydrogens (tertiary/aromatic N) is 7. The van der Waals surface area contributed by atoms with Gasteiger partial charge in [0, 0.05) is 101 Å². The third-order valence-electron chi connectivity index (χ3n) is 13.4. The molecule has 3 aromatic heterocycles. The van der Waals surface area contributed by atoms with Crippen molar-refractivity contribution in [3.8, 4) is 11.1 Å². The van der Waals surface area contributed by atoms with E-state index in [0.717, 1.165) is 107 Å². The summed E-state index contributed by atoms with van der Waals surface area (Å²) in [5.41, 5.74) is 6.49. The molecule has 0 unspecified atom stereocenters. The maximum atomic E-state index is 13.0. The number of aryl methyl sites for hydroxylation is 1. The molecule has 5 heterocycles. The van der Waals surface area contributed by atoms with Crippen LogP contribution in [-0.2, 0) is 42.1 Å². The van der Waals surface area contributed by atoms with E-state index in [1.807, 2.05) is 24.4 Å². The number of hydrogen-bond acceptors (Lipinski definition) is 14. The molecule has 68 heavy (non-hydrogen) atoms. The number of aliphatic hydroxyl groups excluding tert-OH is 1. The lowest BCUT2D eigenvalue weighted by molar-refractivity contribution is -0.135. The highest BCUT2D eigenvalue weighted by molar-refractivity contribution is 6.00. The number of imide groups is 1. The molecule has 0 spiro atoms. The van der Waals surface area contributed by atoms with E-state index in [4.69, 9.17) is 28.9 Å². The van der Waals surface area contributed by atoms with Gasteiger partial charge in [-0.15, -0.1) is 0 Å². The molecule has 18 heteroatoms. The molecule has 2 aromatic carbocycles. The number of unbranched alkanes of at least 4 members (excludes halogenated alkanes) is 1. The van der Waals surface area contributed by atoms with Crippen LogP contribution in [0.2, 0.25) is 0 Å². The Bertz CT molecular complexity index is 2470. The lowest BCUT2D eigenvalue weighted by atomic mass is 9.93. The quantitative estimate of drug-likeness (QED) is 0.0465. The Hall–Kier alpha value is -5.21. The van der Waals surface area contributed by atoms with E-state index in [1.54, 1.807) is 7.05 Å². The van der Waals surface area contributed by atoms with E-state index in [1.165, 1.54) is 20.3 Å². The van der Waals surface area contributed by atoms with Crippen molar-refractivity contribution in [2.24, 2.45) is 7.05 Å². The molecule has 2 aliphatic heterocycles. The maximum absolute atomic E-state index is 13.0. The van der Waals surface area contributed by atoms with Crippen molar-refractivity contribution in [2.45, 2.75) is 83.0 Å². The molecule has 1 atom stereocenters. The number of benzene rings is 2. The Morgan fingerprint density at radius 3 is 2.18 bits per heavy atom. The minimum Gasteiger partial charge on any atom is -0.393 e. The number of piperazine rings is 1. The molecule has 3 aliphatic rings. The van der Waals surface area contributed by atoms with Crippen LogP contribution in [0.1, 0.15) is 75.9 Å². The predicted octanol–water partition coefficient (Wildman–Crippen LogP) is 4.71. The van der Waals surface area contributed by atoms with Crippen LogP contribution in [0.5, 0.6) is 0 Å². The van der Waals surface area contributed by atoms with E-state index in [-0.39, 0.29) is 24.1 Å². The second-order valence-electron chi connectivity index (χ2n) is 18.2. The first-order valence-electron chi connectivity index (χ1n) is 24.7. The average Bonchev–Trinajstić information content (AvgIpc) is 3.84. The number of hydrogen-bond donors (Lipinski definition) is 4. The zero-order valence-electron chi connectivity index (χ0n) is 39.8. The largest absolute Gasteiger partial charge is 0.393 e. The Morgan fingerprint density at radius 2 is 1.47 bits per heavy atom. The maximum Gasteiger partial charge on any atom is 0.329 e. The zero-order chi connectivity index (χ0) is 47.2. The van der Waals surface area contributed by atoms with Crippen LogP contribution in [0, 0.1) is 0 Å². The average molecular weight is 939 g/mol. The van der Waals surface area contributed by atoms with Crippen LogP contribution in [0.25, 0.3) is 33.2 Å². The van der Waals surface area contributed by atoms with Crippen molar-refractivity contribution in [3.63, 3.8) is 0 Å². The van der Waals surface area contributed by atoms with Crippen LogP contribution in [0.3, 0.4) is 0 Å². The number of aromatic nitrogens is 5. The van der Waals surface area contributed by atoms with Gasteiger partial charge in [-0.05, 0) is 67.9 Å². The molecule has 4 N–H and O–H groups in total. The number of piperidine rings is 1. The minimum absolute atomic E-state index is 0.202. The molecule has 8 rings (SSSR count). The molecule has 0 radical (unpaired) electrons. The van der Waals surface area contributed by atoms with Crippen LogP contribution in [-0.4, -0.2) is 155 Å². The summed E-state index contributed by atoms with van der Waals surface area (Å²) in [6, 6.07) is 14.2. The molecule has 3 fully saturated rings. The number of ether oxygens (including phenoxy) is 4. The summed E-state index contributed by atoms with van der Waals surface area (Å²) in [6.45, 7) is 13.7. The molecule has 0 bridgehead atoms. The Kier molecular flexibility index (Phi) is 17.6. The lowest BCUT2D eigenvalue weighted by Gasteiger charge is -2.34. The minimum atomic E-state index is -0.708. The first kappa shape index (κ1) is 49.2. The van der Waals surface area contributed by atoms with Crippen LogP contribution < -0.4 is 21.6 Å². The van der Waals surface area contributed by atoms with E-state index < -0.39 is 11.9 Å². The van der Waals surface area contributed by atoms with Gasteiger partial charge in [0.25, 0.3) is 0 Å². The van der Waals surface area contributed by atoms with Crippen LogP contribution in [0.15, 0.2) is 59.7 Å². The normalized spacial score (nSPS) is 19.5. The molecule has 368 valence electrons. The zero-order valence-corrected chi connectivity index (χ0v) is 39.8. The Labute approximate surface area is 398 Å². The van der Waals surface area contributed by atoms with Gasteiger partial charge in [-0.3, -0.25) is 33.8 Å². The molecule has 18 nitrogen and oxygen atoms in total. The molecular formula is C50H70N10O8. The highest BCUT2D eigenvalue weighted by atomic mass is 16.6. The number of imidazole rings is 1. The number of fused-ring (bicyclic) bond motifs is 2. The van der Waals surface area contributed by atoms with Crippen molar-refractivity contribution in [1.29, 1.82) is 0 Å². The highest BCUT2D eigenvalue weighted by Crippen LogP contribution is 2.37. The van der Waals surface area contributed by atoms with Crippen molar-refractivity contribution in [2.75, 3.05) is 109 Å². The number of carbonyl (C=O) groups excluding carboxylic acids is 2. The van der Waals surface area contributed by atoms with Crippen molar-refractivity contribution in [3.05, 3.63) is 70.9 Å². The number of aliphatic hydroxyl groups is 1. The summed E-state index contributed by atoms with van der Waals surface area (Å²) in [4.78, 5) is 51.7. The monoisotopic (exact) mass is 939 g/mol. The number of carbonyl (C=O) groups is 2. The van der Waals surface area contributed by atoms with Crippen LogP contribution >= 0.6 is 0 Å².